The number of carbonyl (C=O) groups excluding carboxylic acids is 1. The quantitative estimate of drug-likeness (QED) is 0.544. The number of nitrogens with one attached hydrogen (secondary N) is 2. The van der Waals surface area contributed by atoms with E-state index in [1.807, 2.05) is 45.0 Å². The normalized spacial score (nSPS) is 12.4. The topological polar surface area (TPSA) is 87.7 Å². The fraction of sp³-hybridized carbons (Fsp3) is 0.435. The Morgan fingerprint density at radius 3 is 2.35 bits per heavy atom. The number of amides is 2. The Kier molecular flexibility index (Phi) is 9.33. The van der Waals surface area contributed by atoms with Crippen molar-refractivity contribution in [2.24, 2.45) is 0 Å². The highest BCUT2D eigenvalue weighted by Crippen LogP contribution is 2.19. The van der Waals surface area contributed by atoms with E-state index >= 15 is 0 Å². The first-order valence-electron chi connectivity index (χ1n) is 10.7. The summed E-state index contributed by atoms with van der Waals surface area (Å²) in [6.07, 6.45) is 0.936. The zero-order valence-corrected chi connectivity index (χ0v) is 19.5. The van der Waals surface area contributed by atoms with Gasteiger partial charge in [-0.1, -0.05) is 45.0 Å². The van der Waals surface area contributed by atoms with Crippen molar-refractivity contribution in [2.75, 3.05) is 19.7 Å². The van der Waals surface area contributed by atoms with Gasteiger partial charge in [-0.2, -0.15) is 4.31 Å². The van der Waals surface area contributed by atoms with Crippen LogP contribution in [0.2, 0.25) is 0 Å². The van der Waals surface area contributed by atoms with Crippen LogP contribution in [0.25, 0.3) is 0 Å². The molecule has 1 unspecified atom stereocenters. The van der Waals surface area contributed by atoms with E-state index in [1.54, 1.807) is 24.3 Å². The van der Waals surface area contributed by atoms with Crippen LogP contribution >= 0.6 is 0 Å². The molecule has 170 valence electrons. The van der Waals surface area contributed by atoms with Gasteiger partial charge in [-0.15, -0.1) is 0 Å². The van der Waals surface area contributed by atoms with Gasteiger partial charge in [0.1, 0.15) is 5.75 Å². The largest absolute Gasteiger partial charge is 0.494 e. The van der Waals surface area contributed by atoms with Crippen LogP contribution in [0.1, 0.15) is 51.3 Å². The van der Waals surface area contributed by atoms with Gasteiger partial charge < -0.3 is 15.4 Å². The van der Waals surface area contributed by atoms with Crippen LogP contribution in [0.4, 0.5) is 4.79 Å². The lowest BCUT2D eigenvalue weighted by molar-refractivity contribution is 0.237. The second-order valence-corrected chi connectivity index (χ2v) is 9.14. The van der Waals surface area contributed by atoms with Crippen molar-refractivity contribution in [2.45, 2.75) is 51.6 Å². The summed E-state index contributed by atoms with van der Waals surface area (Å²) in [6, 6.07) is 13.7. The molecule has 0 fully saturated rings. The first kappa shape index (κ1) is 24.7. The summed E-state index contributed by atoms with van der Waals surface area (Å²) in [4.78, 5) is 12.5. The van der Waals surface area contributed by atoms with E-state index in [9.17, 15) is 13.2 Å². The molecule has 0 spiro atoms. The van der Waals surface area contributed by atoms with Gasteiger partial charge in [0.15, 0.2) is 0 Å². The van der Waals surface area contributed by atoms with Crippen LogP contribution in [0.15, 0.2) is 53.4 Å². The molecule has 0 bridgehead atoms. The highest BCUT2D eigenvalue weighted by molar-refractivity contribution is 7.89. The van der Waals surface area contributed by atoms with Gasteiger partial charge in [0.2, 0.25) is 10.0 Å². The van der Waals surface area contributed by atoms with Crippen LogP contribution < -0.4 is 15.4 Å². The molecule has 2 aromatic carbocycles. The number of sulfonamides is 1. The Bertz CT molecular complexity index is 942. The molecular weight excluding hydrogens is 414 g/mol. The number of ether oxygens (including phenoxy) is 1. The second-order valence-electron chi connectivity index (χ2n) is 7.20. The summed E-state index contributed by atoms with van der Waals surface area (Å²) in [7, 11) is -3.49. The lowest BCUT2D eigenvalue weighted by atomic mass is 10.1. The van der Waals surface area contributed by atoms with Gasteiger partial charge in [0, 0.05) is 19.6 Å². The van der Waals surface area contributed by atoms with Gasteiger partial charge in [0.05, 0.1) is 17.5 Å². The summed E-state index contributed by atoms with van der Waals surface area (Å²) in [5.74, 6) is 0.787. The zero-order valence-electron chi connectivity index (χ0n) is 18.7. The van der Waals surface area contributed by atoms with E-state index in [0.29, 0.717) is 26.2 Å². The number of nitrogens with zero attached hydrogens (tertiary/aromatic N) is 1. The number of rotatable bonds is 11. The maximum atomic E-state index is 12.6. The molecule has 0 saturated carbocycles. The molecule has 2 rings (SSSR count). The molecule has 2 N–H and O–H groups in total. The Morgan fingerprint density at radius 1 is 1.06 bits per heavy atom. The minimum atomic E-state index is -3.49. The van der Waals surface area contributed by atoms with Crippen LogP contribution in [0.3, 0.4) is 0 Å². The van der Waals surface area contributed by atoms with Crippen molar-refractivity contribution in [1.29, 1.82) is 0 Å². The fourth-order valence-electron chi connectivity index (χ4n) is 3.12. The number of hydrogen-bond acceptors (Lipinski definition) is 4. The predicted octanol–water partition coefficient (Wildman–Crippen LogP) is 4.07. The van der Waals surface area contributed by atoms with Gasteiger partial charge in [-0.05, 0) is 48.7 Å². The molecule has 0 heterocycles. The molecule has 8 heteroatoms. The summed E-state index contributed by atoms with van der Waals surface area (Å²) >= 11 is 0. The average Bonchev–Trinajstić information content (AvgIpc) is 2.77. The van der Waals surface area contributed by atoms with E-state index in [-0.39, 0.29) is 17.0 Å². The van der Waals surface area contributed by atoms with Crippen LogP contribution in [0, 0.1) is 0 Å². The highest BCUT2D eigenvalue weighted by Gasteiger charge is 2.21. The van der Waals surface area contributed by atoms with Crippen molar-refractivity contribution in [3.05, 3.63) is 59.7 Å². The first-order chi connectivity index (χ1) is 14.8. The lowest BCUT2D eigenvalue weighted by Gasteiger charge is -2.19. The summed E-state index contributed by atoms with van der Waals surface area (Å²) in [5, 5.41) is 5.72. The summed E-state index contributed by atoms with van der Waals surface area (Å²) in [5.41, 5.74) is 1.77. The van der Waals surface area contributed by atoms with E-state index in [1.165, 1.54) is 4.31 Å². The average molecular weight is 448 g/mol. The molecular formula is C23H33N3O4S. The number of hydrogen-bond donors (Lipinski definition) is 2. The highest BCUT2D eigenvalue weighted by atomic mass is 32.2. The molecule has 0 aliphatic heterocycles. The van der Waals surface area contributed by atoms with Crippen molar-refractivity contribution < 1.29 is 17.9 Å². The van der Waals surface area contributed by atoms with Crippen LogP contribution in [-0.4, -0.2) is 38.5 Å². The first-order valence-corrected chi connectivity index (χ1v) is 12.1. The molecule has 0 saturated heterocycles. The second kappa shape index (κ2) is 11.7. The molecule has 31 heavy (non-hydrogen) atoms. The van der Waals surface area contributed by atoms with Crippen LogP contribution in [-0.2, 0) is 16.6 Å². The maximum absolute atomic E-state index is 12.6. The molecule has 0 aliphatic carbocycles. The molecule has 2 aromatic rings. The monoisotopic (exact) mass is 447 g/mol. The Hall–Kier alpha value is -2.58. The van der Waals surface area contributed by atoms with Crippen molar-refractivity contribution in [1.82, 2.24) is 14.9 Å². The Balaban J connectivity index is 1.93. The third-order valence-corrected chi connectivity index (χ3v) is 6.96. The predicted molar refractivity (Wildman–Crippen MR) is 123 cm³/mol. The maximum Gasteiger partial charge on any atom is 0.315 e. The molecule has 0 radical (unpaired) electrons. The number of carbonyl (C=O) groups is 1. The molecule has 7 nitrogen and oxygen atoms in total. The molecule has 0 aliphatic rings. The van der Waals surface area contributed by atoms with Crippen molar-refractivity contribution in [3.63, 3.8) is 0 Å². The van der Waals surface area contributed by atoms with Gasteiger partial charge >= 0.3 is 6.03 Å². The van der Waals surface area contributed by atoms with E-state index in [2.05, 4.69) is 17.6 Å². The lowest BCUT2D eigenvalue weighted by Crippen LogP contribution is -2.36. The van der Waals surface area contributed by atoms with Crippen LogP contribution in [0.5, 0.6) is 5.75 Å². The van der Waals surface area contributed by atoms with E-state index < -0.39 is 10.0 Å². The third-order valence-electron chi connectivity index (χ3n) is 4.90. The van der Waals surface area contributed by atoms with Gasteiger partial charge in [0.25, 0.3) is 0 Å². The molecule has 0 aromatic heterocycles. The van der Waals surface area contributed by atoms with E-state index in [4.69, 9.17) is 4.74 Å². The van der Waals surface area contributed by atoms with Crippen molar-refractivity contribution >= 4 is 16.1 Å². The smallest absolute Gasteiger partial charge is 0.315 e. The Morgan fingerprint density at radius 2 is 1.74 bits per heavy atom. The molecule has 2 amide bonds. The summed E-state index contributed by atoms with van der Waals surface area (Å²) < 4.78 is 32.2. The fourth-order valence-corrected chi connectivity index (χ4v) is 4.58. The molecule has 1 atom stereocenters. The third kappa shape index (κ3) is 6.97. The minimum Gasteiger partial charge on any atom is -0.494 e. The zero-order chi connectivity index (χ0) is 22.9. The number of benzene rings is 2. The van der Waals surface area contributed by atoms with Gasteiger partial charge in [-0.3, -0.25) is 0 Å². The number of urea groups is 1. The Labute approximate surface area is 185 Å². The van der Waals surface area contributed by atoms with E-state index in [0.717, 1.165) is 23.3 Å². The SMILES string of the molecule is CCCOc1cccc(CNC(=O)NC(C)c2ccc(S(=O)(=O)N(CC)CC)cc2)c1. The summed E-state index contributed by atoms with van der Waals surface area (Å²) in [6.45, 7) is 9.41. The minimum absolute atomic E-state index is 0.252. The van der Waals surface area contributed by atoms with Gasteiger partial charge in [-0.25, -0.2) is 13.2 Å². The standard InChI is InChI=1S/C23H33N3O4S/c1-5-15-30-21-10-8-9-19(16-21)17-24-23(27)25-18(4)20-11-13-22(14-12-20)31(28,29)26(6-2)7-3/h8-14,16,18H,5-7,15,17H2,1-4H3,(H2,24,25,27). The van der Waals surface area contributed by atoms with Crippen molar-refractivity contribution in [3.8, 4) is 5.75 Å².